The second kappa shape index (κ2) is 9.23. The molecule has 0 aromatic heterocycles. The summed E-state index contributed by atoms with van der Waals surface area (Å²) in [6, 6.07) is 5.15. The van der Waals surface area contributed by atoms with E-state index in [0.29, 0.717) is 12.1 Å². The van der Waals surface area contributed by atoms with Crippen molar-refractivity contribution < 1.29 is 4.39 Å². The molecule has 0 heterocycles. The first-order valence-corrected chi connectivity index (χ1v) is 7.46. The average Bonchev–Trinajstić information content (AvgIpc) is 3.24. The van der Waals surface area contributed by atoms with Gasteiger partial charge in [0.1, 0.15) is 5.82 Å². The third kappa shape index (κ3) is 6.63. The summed E-state index contributed by atoms with van der Waals surface area (Å²) in [5.74, 6) is 1.60. The Morgan fingerprint density at radius 3 is 2.71 bits per heavy atom. The van der Waals surface area contributed by atoms with Crippen LogP contribution in [0, 0.1) is 18.7 Å². The molecule has 3 nitrogen and oxygen atoms in total. The molecule has 1 fully saturated rings. The van der Waals surface area contributed by atoms with Crippen molar-refractivity contribution in [2.24, 2.45) is 10.9 Å². The fraction of sp³-hybridized carbons (Fsp3) is 0.562. The summed E-state index contributed by atoms with van der Waals surface area (Å²) in [6.07, 6.45) is 3.98. The third-order valence-electron chi connectivity index (χ3n) is 3.53. The van der Waals surface area contributed by atoms with E-state index in [1.165, 1.54) is 25.3 Å². The van der Waals surface area contributed by atoms with Gasteiger partial charge in [0.2, 0.25) is 0 Å². The van der Waals surface area contributed by atoms with Gasteiger partial charge in [-0.05, 0) is 43.4 Å². The van der Waals surface area contributed by atoms with Crippen LogP contribution in [0.25, 0.3) is 0 Å². The summed E-state index contributed by atoms with van der Waals surface area (Å²) in [5.41, 5.74) is 1.70. The quantitative estimate of drug-likeness (QED) is 0.431. The average molecular weight is 405 g/mol. The number of aryl methyl sites for hydroxylation is 1. The van der Waals surface area contributed by atoms with Crippen LogP contribution in [-0.4, -0.2) is 19.0 Å². The molecule has 1 aromatic carbocycles. The molecule has 2 N–H and O–H groups in total. The van der Waals surface area contributed by atoms with Crippen LogP contribution in [0.4, 0.5) is 4.39 Å². The SMILES string of the molecule is CCNC(=NCc1ccc(F)c(C)c1)NCCC1CC1.I. The number of aliphatic imine (C=N–C) groups is 1. The fourth-order valence-electron chi connectivity index (χ4n) is 2.12. The minimum absolute atomic E-state index is 0. The molecule has 0 amide bonds. The summed E-state index contributed by atoms with van der Waals surface area (Å²) in [4.78, 5) is 4.54. The Balaban J connectivity index is 0.00000220. The summed E-state index contributed by atoms with van der Waals surface area (Å²) in [5, 5.41) is 6.59. The van der Waals surface area contributed by atoms with Gasteiger partial charge in [-0.2, -0.15) is 0 Å². The highest BCUT2D eigenvalue weighted by molar-refractivity contribution is 14.0. The van der Waals surface area contributed by atoms with Crippen molar-refractivity contribution in [1.29, 1.82) is 0 Å². The van der Waals surface area contributed by atoms with Crippen LogP contribution in [0.5, 0.6) is 0 Å². The molecule has 5 heteroatoms. The van der Waals surface area contributed by atoms with Crippen LogP contribution in [0.15, 0.2) is 23.2 Å². The zero-order valence-electron chi connectivity index (χ0n) is 12.8. The molecular weight excluding hydrogens is 380 g/mol. The minimum atomic E-state index is -0.160. The van der Waals surface area contributed by atoms with E-state index in [9.17, 15) is 4.39 Å². The predicted molar refractivity (Wildman–Crippen MR) is 96.7 cm³/mol. The normalized spacial score (nSPS) is 14.5. The van der Waals surface area contributed by atoms with E-state index in [2.05, 4.69) is 22.5 Å². The molecule has 21 heavy (non-hydrogen) atoms. The third-order valence-corrected chi connectivity index (χ3v) is 3.53. The van der Waals surface area contributed by atoms with Crippen molar-refractivity contribution >= 4 is 29.9 Å². The van der Waals surface area contributed by atoms with Gasteiger partial charge in [0.05, 0.1) is 6.54 Å². The smallest absolute Gasteiger partial charge is 0.191 e. The second-order valence-corrected chi connectivity index (χ2v) is 5.44. The van der Waals surface area contributed by atoms with Crippen LogP contribution >= 0.6 is 24.0 Å². The van der Waals surface area contributed by atoms with Gasteiger partial charge in [0, 0.05) is 13.1 Å². The Hall–Kier alpha value is -0.850. The van der Waals surface area contributed by atoms with Crippen molar-refractivity contribution in [3.63, 3.8) is 0 Å². The maximum Gasteiger partial charge on any atom is 0.191 e. The van der Waals surface area contributed by atoms with E-state index in [0.717, 1.165) is 30.5 Å². The van der Waals surface area contributed by atoms with Gasteiger partial charge in [-0.15, -0.1) is 24.0 Å². The van der Waals surface area contributed by atoms with Crippen LogP contribution in [0.3, 0.4) is 0 Å². The molecule has 1 aromatic rings. The topological polar surface area (TPSA) is 36.4 Å². The van der Waals surface area contributed by atoms with Gasteiger partial charge in [0.15, 0.2) is 5.96 Å². The summed E-state index contributed by atoms with van der Waals surface area (Å²) in [7, 11) is 0. The minimum Gasteiger partial charge on any atom is -0.357 e. The van der Waals surface area contributed by atoms with E-state index < -0.39 is 0 Å². The Bertz CT molecular complexity index is 473. The summed E-state index contributed by atoms with van der Waals surface area (Å²) >= 11 is 0. The van der Waals surface area contributed by atoms with Gasteiger partial charge in [-0.1, -0.05) is 25.0 Å². The molecule has 0 spiro atoms. The largest absolute Gasteiger partial charge is 0.357 e. The zero-order chi connectivity index (χ0) is 14.4. The number of rotatable bonds is 6. The van der Waals surface area contributed by atoms with Gasteiger partial charge in [0.25, 0.3) is 0 Å². The van der Waals surface area contributed by atoms with E-state index in [4.69, 9.17) is 0 Å². The molecule has 1 aliphatic rings. The molecule has 0 bridgehead atoms. The molecule has 0 aliphatic heterocycles. The lowest BCUT2D eigenvalue weighted by molar-refractivity contribution is 0.617. The van der Waals surface area contributed by atoms with Crippen molar-refractivity contribution in [2.75, 3.05) is 13.1 Å². The number of hydrogen-bond donors (Lipinski definition) is 2. The number of hydrogen-bond acceptors (Lipinski definition) is 1. The van der Waals surface area contributed by atoms with Crippen molar-refractivity contribution in [3.8, 4) is 0 Å². The molecule has 0 unspecified atom stereocenters. The predicted octanol–water partition coefficient (Wildman–Crippen LogP) is 3.61. The lowest BCUT2D eigenvalue weighted by atomic mass is 10.1. The zero-order valence-corrected chi connectivity index (χ0v) is 15.1. The lowest BCUT2D eigenvalue weighted by Gasteiger charge is -2.11. The Kier molecular flexibility index (Phi) is 8.00. The van der Waals surface area contributed by atoms with Gasteiger partial charge >= 0.3 is 0 Å². The van der Waals surface area contributed by atoms with Crippen LogP contribution in [-0.2, 0) is 6.54 Å². The van der Waals surface area contributed by atoms with Gasteiger partial charge in [-0.3, -0.25) is 0 Å². The Morgan fingerprint density at radius 1 is 1.33 bits per heavy atom. The van der Waals surface area contributed by atoms with Crippen molar-refractivity contribution in [1.82, 2.24) is 10.6 Å². The number of halogens is 2. The highest BCUT2D eigenvalue weighted by Gasteiger charge is 2.20. The molecule has 1 saturated carbocycles. The van der Waals surface area contributed by atoms with E-state index in [-0.39, 0.29) is 29.8 Å². The number of guanidine groups is 1. The molecule has 118 valence electrons. The van der Waals surface area contributed by atoms with Crippen molar-refractivity contribution in [2.45, 2.75) is 39.7 Å². The Labute approximate surface area is 143 Å². The molecule has 0 atom stereocenters. The van der Waals surface area contributed by atoms with Gasteiger partial charge < -0.3 is 10.6 Å². The maximum atomic E-state index is 13.2. The second-order valence-electron chi connectivity index (χ2n) is 5.44. The fourth-order valence-corrected chi connectivity index (χ4v) is 2.12. The van der Waals surface area contributed by atoms with Crippen LogP contribution in [0.2, 0.25) is 0 Å². The van der Waals surface area contributed by atoms with Crippen LogP contribution in [0.1, 0.15) is 37.3 Å². The molecule has 0 saturated heterocycles. The van der Waals surface area contributed by atoms with E-state index >= 15 is 0 Å². The highest BCUT2D eigenvalue weighted by atomic mass is 127. The standard InChI is InChI=1S/C16H24FN3.HI/c1-3-18-16(19-9-8-13-4-5-13)20-11-14-6-7-15(17)12(2)10-14;/h6-7,10,13H,3-5,8-9,11H2,1-2H3,(H2,18,19,20);1H. The number of nitrogens with zero attached hydrogens (tertiary/aromatic N) is 1. The first-order valence-electron chi connectivity index (χ1n) is 7.46. The number of nitrogens with one attached hydrogen (secondary N) is 2. The first-order chi connectivity index (χ1) is 9.69. The van der Waals surface area contributed by atoms with Gasteiger partial charge in [-0.25, -0.2) is 9.38 Å². The summed E-state index contributed by atoms with van der Waals surface area (Å²) < 4.78 is 13.2. The first kappa shape index (κ1) is 18.2. The molecule has 2 rings (SSSR count). The lowest BCUT2D eigenvalue weighted by Crippen LogP contribution is -2.37. The molecule has 0 radical (unpaired) electrons. The summed E-state index contributed by atoms with van der Waals surface area (Å²) in [6.45, 7) is 6.22. The van der Waals surface area contributed by atoms with E-state index in [1.54, 1.807) is 13.0 Å². The highest BCUT2D eigenvalue weighted by Crippen LogP contribution is 2.31. The number of benzene rings is 1. The maximum absolute atomic E-state index is 13.2. The monoisotopic (exact) mass is 405 g/mol. The molecule has 1 aliphatic carbocycles. The van der Waals surface area contributed by atoms with E-state index in [1.807, 2.05) is 6.07 Å². The molecular formula is C16H25FIN3. The Morgan fingerprint density at radius 2 is 2.10 bits per heavy atom. The van der Waals surface area contributed by atoms with Crippen LogP contribution < -0.4 is 10.6 Å². The van der Waals surface area contributed by atoms with Crippen molar-refractivity contribution in [3.05, 3.63) is 35.1 Å².